The van der Waals surface area contributed by atoms with Crippen LogP contribution in [-0.2, 0) is 10.1 Å². The van der Waals surface area contributed by atoms with Crippen molar-refractivity contribution in [2.24, 2.45) is 0 Å². The predicted octanol–water partition coefficient (Wildman–Crippen LogP) is 5.48. The molecule has 0 spiro atoms. The average Bonchev–Trinajstić information content (AvgIpc) is 2.50. The molecule has 1 heterocycles. The third-order valence-electron chi connectivity index (χ3n) is 2.98. The molecule has 144 valence electrons. The summed E-state index contributed by atoms with van der Waals surface area (Å²) in [5, 5.41) is 0. The van der Waals surface area contributed by atoms with Crippen LogP contribution in [0.5, 0.6) is 0 Å². The molecule has 0 atom stereocenters. The lowest BCUT2D eigenvalue weighted by atomic mass is 10.3. The zero-order valence-electron chi connectivity index (χ0n) is 12.4. The van der Waals surface area contributed by atoms with Crippen molar-refractivity contribution in [2.45, 2.75) is 30.6 Å². The topological polar surface area (TPSA) is 54.4 Å². The molecule has 0 radical (unpaired) electrons. The van der Waals surface area contributed by atoms with Gasteiger partial charge in [0.15, 0.2) is 0 Å². The van der Waals surface area contributed by atoms with Crippen LogP contribution in [0, 0.1) is 0 Å². The molecule has 1 aliphatic heterocycles. The van der Waals surface area contributed by atoms with Crippen LogP contribution in [0.2, 0.25) is 0 Å². The van der Waals surface area contributed by atoms with E-state index in [1.54, 1.807) is 48.5 Å². The molecular weight excluding hydrogens is 426 g/mol. The molecule has 0 unspecified atom stereocenters. The molecule has 26 heavy (non-hydrogen) atoms. The number of thiol groups is 1. The van der Waals surface area contributed by atoms with Crippen molar-refractivity contribution in [1.82, 2.24) is 0 Å². The van der Waals surface area contributed by atoms with Crippen molar-refractivity contribution in [3.63, 3.8) is 0 Å². The van der Waals surface area contributed by atoms with Gasteiger partial charge in [0.2, 0.25) is 0 Å². The molecule has 0 saturated heterocycles. The van der Waals surface area contributed by atoms with E-state index >= 15 is 0 Å². The normalized spacial score (nSPS) is 15.4. The van der Waals surface area contributed by atoms with Gasteiger partial charge in [-0.3, -0.25) is 4.55 Å². The Morgan fingerprint density at radius 1 is 0.808 bits per heavy atom. The maximum absolute atomic E-state index is 13.3. The second kappa shape index (κ2) is 7.33. The summed E-state index contributed by atoms with van der Waals surface area (Å²) < 4.78 is 97.5. The Labute approximate surface area is 151 Å². The van der Waals surface area contributed by atoms with Crippen LogP contribution in [-0.4, -0.2) is 24.0 Å². The summed E-state index contributed by atoms with van der Waals surface area (Å²) in [6.45, 7) is 0. The number of halogens is 6. The minimum atomic E-state index is -5.84. The van der Waals surface area contributed by atoms with Crippen LogP contribution in [0.1, 0.15) is 0 Å². The fourth-order valence-electron chi connectivity index (χ4n) is 1.98. The van der Waals surface area contributed by atoms with Crippen molar-refractivity contribution in [1.29, 1.82) is 0 Å². The molecule has 0 saturated carbocycles. The van der Waals surface area contributed by atoms with E-state index in [1.807, 2.05) is 0 Å². The largest absolute Gasteiger partial charge is 0.522 e. The molecular formula is C14H10F6O3S3. The molecule has 0 bridgehead atoms. The van der Waals surface area contributed by atoms with Crippen LogP contribution in [0.3, 0.4) is 0 Å². The van der Waals surface area contributed by atoms with Gasteiger partial charge in [-0.25, -0.2) is 0 Å². The molecule has 1 N–H and O–H groups in total. The molecule has 3 rings (SSSR count). The van der Waals surface area contributed by atoms with Crippen molar-refractivity contribution < 1.29 is 39.3 Å². The number of fused-ring (bicyclic) bond motifs is 2. The number of hydrogen-bond acceptors (Lipinski definition) is 3. The summed E-state index contributed by atoms with van der Waals surface area (Å²) in [6.07, 6.45) is 0. The van der Waals surface area contributed by atoms with Crippen LogP contribution in [0.4, 0.5) is 26.3 Å². The number of benzene rings is 2. The van der Waals surface area contributed by atoms with Gasteiger partial charge in [-0.05, 0) is 24.3 Å². The van der Waals surface area contributed by atoms with E-state index in [0.29, 0.717) is 9.79 Å². The zero-order valence-corrected chi connectivity index (χ0v) is 14.9. The average molecular weight is 436 g/mol. The standard InChI is InChI=1S/C13H9F3S2.CHF3O3S/c14-13(15,16)18-11-7-3-1-5-9(11)17-10-6-2-4-8-12(10)18;2-1(3,4)8(5,6)7/h1-8,18H;(H,5,6,7). The fraction of sp³-hybridized carbons (Fsp3) is 0.143. The van der Waals surface area contributed by atoms with Gasteiger partial charge in [-0.1, -0.05) is 36.0 Å². The molecule has 2 aromatic carbocycles. The Balaban J connectivity index is 0.000000260. The highest BCUT2D eigenvalue weighted by atomic mass is 32.2. The lowest BCUT2D eigenvalue weighted by Gasteiger charge is -2.32. The Morgan fingerprint density at radius 3 is 1.46 bits per heavy atom. The Bertz CT molecular complexity index is 848. The summed E-state index contributed by atoms with van der Waals surface area (Å²) in [7, 11) is -8.11. The maximum atomic E-state index is 13.3. The predicted molar refractivity (Wildman–Crippen MR) is 86.2 cm³/mol. The lowest BCUT2D eigenvalue weighted by molar-refractivity contribution is -0.0510. The van der Waals surface area contributed by atoms with E-state index in [4.69, 9.17) is 13.0 Å². The smallest absolute Gasteiger partial charge is 0.279 e. The molecule has 0 fully saturated rings. The van der Waals surface area contributed by atoms with E-state index in [0.717, 1.165) is 9.79 Å². The highest BCUT2D eigenvalue weighted by molar-refractivity contribution is 8.19. The Morgan fingerprint density at radius 2 is 1.15 bits per heavy atom. The van der Waals surface area contributed by atoms with Gasteiger partial charge < -0.3 is 0 Å². The monoisotopic (exact) mass is 436 g/mol. The van der Waals surface area contributed by atoms with E-state index in [-0.39, 0.29) is 0 Å². The first-order valence-electron chi connectivity index (χ1n) is 6.59. The molecule has 0 aliphatic carbocycles. The van der Waals surface area contributed by atoms with Crippen LogP contribution < -0.4 is 0 Å². The van der Waals surface area contributed by atoms with Gasteiger partial charge in [0.1, 0.15) is 0 Å². The number of alkyl halides is 6. The van der Waals surface area contributed by atoms with Crippen molar-refractivity contribution in [2.75, 3.05) is 0 Å². The second-order valence-corrected chi connectivity index (χ2v) is 9.40. The van der Waals surface area contributed by atoms with E-state index < -0.39 is 32.0 Å². The first-order chi connectivity index (χ1) is 11.8. The van der Waals surface area contributed by atoms with Gasteiger partial charge in [0, 0.05) is 19.6 Å². The number of hydrogen-bond donors (Lipinski definition) is 2. The second-order valence-electron chi connectivity index (χ2n) is 4.76. The number of rotatable bonds is 0. The summed E-state index contributed by atoms with van der Waals surface area (Å²) in [5.41, 5.74) is -9.73. The highest BCUT2D eigenvalue weighted by Crippen LogP contribution is 2.64. The van der Waals surface area contributed by atoms with E-state index in [1.165, 1.54) is 11.8 Å². The third-order valence-corrected chi connectivity index (χ3v) is 7.27. The zero-order chi connectivity index (χ0) is 19.8. The minimum absolute atomic E-state index is 0.420. The highest BCUT2D eigenvalue weighted by Gasteiger charge is 2.44. The van der Waals surface area contributed by atoms with Crippen LogP contribution in [0.25, 0.3) is 0 Å². The van der Waals surface area contributed by atoms with E-state index in [9.17, 15) is 26.3 Å². The summed E-state index contributed by atoms with van der Waals surface area (Å²) >= 11 is 1.42. The van der Waals surface area contributed by atoms with Crippen molar-refractivity contribution >= 4 is 32.8 Å². The minimum Gasteiger partial charge on any atom is -0.279 e. The molecule has 0 amide bonds. The van der Waals surface area contributed by atoms with Gasteiger partial charge in [0.05, 0.1) is 0 Å². The lowest BCUT2D eigenvalue weighted by Crippen LogP contribution is -2.21. The molecule has 2 aromatic rings. The van der Waals surface area contributed by atoms with Gasteiger partial charge in [-0.15, -0.1) is 10.9 Å². The molecule has 1 aliphatic rings. The Kier molecular flexibility index (Phi) is 5.90. The van der Waals surface area contributed by atoms with Crippen LogP contribution in [0.15, 0.2) is 68.1 Å². The van der Waals surface area contributed by atoms with Crippen molar-refractivity contribution in [3.05, 3.63) is 48.5 Å². The summed E-state index contributed by atoms with van der Waals surface area (Å²) in [4.78, 5) is 2.28. The molecule has 3 nitrogen and oxygen atoms in total. The maximum Gasteiger partial charge on any atom is 0.522 e. The first kappa shape index (κ1) is 20.9. The fourth-order valence-corrected chi connectivity index (χ4v) is 5.54. The van der Waals surface area contributed by atoms with Crippen LogP contribution >= 0.6 is 22.7 Å². The summed E-state index contributed by atoms with van der Waals surface area (Å²) in [5.74, 6) is 0. The van der Waals surface area contributed by atoms with Crippen molar-refractivity contribution in [3.8, 4) is 0 Å². The van der Waals surface area contributed by atoms with E-state index in [2.05, 4.69) is 0 Å². The summed E-state index contributed by atoms with van der Waals surface area (Å²) in [6, 6.07) is 13.6. The van der Waals surface area contributed by atoms with Gasteiger partial charge >= 0.3 is 21.1 Å². The Hall–Kier alpha value is -1.37. The quantitative estimate of drug-likeness (QED) is 0.248. The first-order valence-corrected chi connectivity index (χ1v) is 10.2. The SMILES string of the molecule is FC(F)(F)[SH]1c2ccccc2Sc2ccccc21.O=S(=O)(O)C(F)(F)F. The van der Waals surface area contributed by atoms with Gasteiger partial charge in [0.25, 0.3) is 0 Å². The molecule has 12 heteroatoms. The molecule has 0 aromatic heterocycles. The van der Waals surface area contributed by atoms with Gasteiger partial charge in [-0.2, -0.15) is 34.8 Å². The third kappa shape index (κ3) is 4.67.